The van der Waals surface area contributed by atoms with E-state index in [1.54, 1.807) is 73.8 Å². The molecule has 0 bridgehead atoms. The van der Waals surface area contributed by atoms with Gasteiger partial charge in [-0.1, -0.05) is 112 Å². The van der Waals surface area contributed by atoms with Gasteiger partial charge in [-0.2, -0.15) is 0 Å². The van der Waals surface area contributed by atoms with Gasteiger partial charge in [-0.25, -0.2) is 13.2 Å². The topological polar surface area (TPSA) is 709 Å². The van der Waals surface area contributed by atoms with Crippen molar-refractivity contribution in [3.63, 3.8) is 0 Å². The highest BCUT2D eigenvalue weighted by Gasteiger charge is 2.12. The number of carbonyl (C=O) groups excluding carboxylic acids is 6. The Morgan fingerprint density at radius 1 is 0.367 bits per heavy atom. The number of hydrogen-bond acceptors (Lipinski definition) is 38. The first-order valence-corrected chi connectivity index (χ1v) is 51.2. The number of rotatable bonds is 58. The number of carbonyl (C=O) groups is 9. The summed E-state index contributed by atoms with van der Waals surface area (Å²) in [6.07, 6.45) is 26.8. The summed E-state index contributed by atoms with van der Waals surface area (Å²) in [6, 6.07) is 44.7. The number of unbranched alkanes of at least 4 members (excludes halogenated alkanes) is 6. The first-order chi connectivity index (χ1) is 70.6. The molecular formula is C98H165N31O14S4. The molecule has 0 fully saturated rings. The minimum atomic E-state index is -3.47. The number of aromatic nitrogens is 8. The SMILES string of the molecule is CC(=O)NC(=O)CNCc1ccccn1.CCCCNC(=O)CNCc1ccccn1.CCCCNCCCCCNC.CN(CCN)CCN(C)CCN.CS(=O)(=O)NC(=O)CNCc1ccccn1.NC(=O)CNCc1ccccn1.NC(=S)CNCc1ccccn1.NCC(=O)O.NCCCCCNCCN.O=C(O)C(=O)NCc1ccccn1.O=C(O)CNCc1ccccn1.S=C(S)CNCc1ccccn1. The number of nitrogens with zero attached hydrogens (tertiary/aromatic N) is 10. The van der Waals surface area contributed by atoms with Crippen LogP contribution in [0.1, 0.15) is 131 Å². The molecule has 0 aromatic carbocycles. The fourth-order valence-electron chi connectivity index (χ4n) is 10.3. The average molecular weight is 2130 g/mol. The van der Waals surface area contributed by atoms with Gasteiger partial charge < -0.3 is 129 Å². The summed E-state index contributed by atoms with van der Waals surface area (Å²) in [7, 11) is 2.71. The number of carboxylic acids is 3. The smallest absolute Gasteiger partial charge is 0.394 e. The molecule has 31 N–H and O–H groups in total. The predicted molar refractivity (Wildman–Crippen MR) is 590 cm³/mol. The van der Waals surface area contributed by atoms with E-state index in [1.807, 2.05) is 133 Å². The summed E-state index contributed by atoms with van der Waals surface area (Å²) < 4.78 is 23.9. The molecule has 45 nitrogen and oxygen atoms in total. The Hall–Kier alpha value is -11.8. The molecule has 147 heavy (non-hydrogen) atoms. The summed E-state index contributed by atoms with van der Waals surface area (Å²) in [5.74, 6) is -5.91. The standard InChI is InChI=1S/C12H19N3O.C10H13N3O2.C10H24N2.C9H13N3O3S.C8H22N4.C8H11N3O.C8H11N3S.C8H8N2O3.C8H10N2O2.C8H10N2S2.C7H19N3.C2H5NO2/c1-2-3-7-15-12(16)10-13-9-11-6-4-5-8-14-11;1-8(14)13-10(15)7-11-6-9-4-2-3-5-12-9;1-3-4-9-12-10-7-5-6-8-11-2;1-16(14,15)12-9(13)7-10-6-8-4-2-3-5-11-8;1-11(5-3-9)7-8-12(2)6-4-10;2*9-8(12)6-10-5-7-3-1-2-4-11-7;11-7(8(12)13)10-5-6-3-1-2-4-9-6;2*11-8(12)6-9-5-7-3-1-2-4-10-7;8-4-2-1-3-6-10-7-5-9;3-1-2(4)5/h4-6,8,13H,2-3,7,9-10H2,1H3,(H,15,16);2-5,11H,6-7H2,1H3,(H,13,14,15);11-12H,3-10H2,1-2H3;2-5,10H,6-7H2,1H3,(H,12,13);3-10H2,1-2H3;2*1-4,10H,5-6H2,(H2,9,12);1-4H,5H2,(H,10,11)(H,12,13);2*1-4,9H,5-6H2,(H,11,12);10H,1-9H2;1,3H2,(H,4,5). The number of carboxylic acid groups (broad SMARTS) is 3. The van der Waals surface area contributed by atoms with Crippen molar-refractivity contribution >= 4 is 110 Å². The summed E-state index contributed by atoms with van der Waals surface area (Å²) in [4.78, 5) is 132. The Morgan fingerprint density at radius 3 is 0.986 bits per heavy atom. The van der Waals surface area contributed by atoms with Crippen molar-refractivity contribution < 1.29 is 66.9 Å². The maximum Gasteiger partial charge on any atom is 0.394 e. The third-order valence-electron chi connectivity index (χ3n) is 17.5. The van der Waals surface area contributed by atoms with E-state index in [0.29, 0.717) is 73.8 Å². The number of amides is 6. The minimum Gasteiger partial charge on any atom is -0.480 e. The molecule has 0 radical (unpaired) electrons. The highest BCUT2D eigenvalue weighted by atomic mass is 32.2. The van der Waals surface area contributed by atoms with Gasteiger partial charge in [-0.3, -0.25) is 88.3 Å². The van der Waals surface area contributed by atoms with Gasteiger partial charge in [0.05, 0.1) is 107 Å². The number of thiol groups is 1. The maximum absolute atomic E-state index is 11.3. The fourth-order valence-corrected chi connectivity index (χ4v) is 11.1. The Labute approximate surface area is 884 Å². The molecule has 8 aromatic rings. The van der Waals surface area contributed by atoms with Crippen molar-refractivity contribution in [1.29, 1.82) is 0 Å². The molecule has 0 spiro atoms. The molecule has 6 amide bonds. The lowest BCUT2D eigenvalue weighted by Gasteiger charge is -2.20. The minimum absolute atomic E-state index is 0.0312. The molecule has 49 heteroatoms. The average Bonchev–Trinajstić information content (AvgIpc) is 0.948. The van der Waals surface area contributed by atoms with Gasteiger partial charge in [-0.05, 0) is 189 Å². The zero-order valence-electron chi connectivity index (χ0n) is 86.3. The lowest BCUT2D eigenvalue weighted by atomic mass is 10.2. The van der Waals surface area contributed by atoms with E-state index in [4.69, 9.17) is 74.2 Å². The summed E-state index contributed by atoms with van der Waals surface area (Å²) >= 11 is 13.5. The molecule has 8 rings (SSSR count). The van der Waals surface area contributed by atoms with Crippen LogP contribution in [0.15, 0.2) is 195 Å². The van der Waals surface area contributed by atoms with Gasteiger partial charge in [0.1, 0.15) is 0 Å². The van der Waals surface area contributed by atoms with Crippen molar-refractivity contribution in [2.24, 2.45) is 40.1 Å². The van der Waals surface area contributed by atoms with Crippen LogP contribution in [0.5, 0.6) is 0 Å². The van der Waals surface area contributed by atoms with Crippen LogP contribution in [0.3, 0.4) is 0 Å². The van der Waals surface area contributed by atoms with E-state index in [9.17, 15) is 51.6 Å². The molecule has 0 saturated carbocycles. The number of sulfonamides is 1. The molecule has 820 valence electrons. The van der Waals surface area contributed by atoms with Crippen molar-refractivity contribution in [2.45, 2.75) is 137 Å². The van der Waals surface area contributed by atoms with Crippen molar-refractivity contribution in [3.8, 4) is 0 Å². The molecular weight excluding hydrogens is 1960 g/mol. The van der Waals surface area contributed by atoms with E-state index in [-0.39, 0.29) is 62.9 Å². The summed E-state index contributed by atoms with van der Waals surface area (Å²) in [5, 5.41) is 61.7. The normalized spacial score (nSPS) is 10.0. The largest absolute Gasteiger partial charge is 0.480 e. The Kier molecular flexibility index (Phi) is 100. The predicted octanol–water partition coefficient (Wildman–Crippen LogP) is 0.975. The van der Waals surface area contributed by atoms with Gasteiger partial charge in [0.15, 0.2) is 0 Å². The second-order valence-corrected chi connectivity index (χ2v) is 34.7. The molecule has 8 aromatic heterocycles. The Morgan fingerprint density at radius 2 is 0.687 bits per heavy atom. The van der Waals surface area contributed by atoms with Crippen LogP contribution in [0.2, 0.25) is 0 Å². The Balaban J connectivity index is -0.000000763. The van der Waals surface area contributed by atoms with Crippen LogP contribution in [-0.4, -0.2) is 307 Å². The second kappa shape index (κ2) is 104. The van der Waals surface area contributed by atoms with Gasteiger partial charge in [0, 0.05) is 174 Å². The van der Waals surface area contributed by atoms with Crippen LogP contribution < -0.4 is 114 Å². The van der Waals surface area contributed by atoms with Gasteiger partial charge in [0.25, 0.3) is 0 Å². The third kappa shape index (κ3) is 110. The van der Waals surface area contributed by atoms with E-state index in [0.717, 1.165) is 150 Å². The zero-order chi connectivity index (χ0) is 110. The molecule has 0 aliphatic heterocycles. The highest BCUT2D eigenvalue weighted by molar-refractivity contribution is 8.11. The molecule has 0 aliphatic rings. The monoisotopic (exact) mass is 2130 g/mol. The van der Waals surface area contributed by atoms with Crippen LogP contribution in [-0.2, 0) is 106 Å². The molecule has 0 unspecified atom stereocenters. The van der Waals surface area contributed by atoms with Crippen molar-refractivity contribution in [1.82, 2.24) is 124 Å². The van der Waals surface area contributed by atoms with Crippen LogP contribution in [0.25, 0.3) is 0 Å². The van der Waals surface area contributed by atoms with Gasteiger partial charge >= 0.3 is 23.8 Å². The number of pyridine rings is 8. The molecule has 0 atom stereocenters. The maximum atomic E-state index is 11.3. The quantitative estimate of drug-likeness (QED) is 0.0109. The van der Waals surface area contributed by atoms with E-state index < -0.39 is 39.7 Å². The third-order valence-corrected chi connectivity index (χ3v) is 18.5. The molecule has 0 aliphatic carbocycles. The lowest BCUT2D eigenvalue weighted by molar-refractivity contribution is -0.150. The molecule has 8 heterocycles. The summed E-state index contributed by atoms with van der Waals surface area (Å²) in [6.45, 7) is 24.7. The molecule has 0 saturated heterocycles. The number of thiocarbonyl (C=S) groups is 2. The van der Waals surface area contributed by atoms with Gasteiger partial charge in [0.2, 0.25) is 39.6 Å². The number of primary amides is 1. The van der Waals surface area contributed by atoms with Crippen LogP contribution in [0, 0.1) is 0 Å². The van der Waals surface area contributed by atoms with E-state index >= 15 is 0 Å². The lowest BCUT2D eigenvalue weighted by Crippen LogP contribution is -2.36. The number of nitrogens with two attached hydrogens (primary N) is 7. The number of aliphatic carboxylic acids is 3. The highest BCUT2D eigenvalue weighted by Crippen LogP contribution is 2.00. The number of hydrogen-bond donors (Lipinski definition) is 25. The zero-order valence-corrected chi connectivity index (χ0v) is 89.6. The second-order valence-electron chi connectivity index (χ2n) is 31.0. The van der Waals surface area contributed by atoms with Crippen molar-refractivity contribution in [3.05, 3.63) is 241 Å². The number of likely N-dealkylation sites (N-methyl/N-ethyl adjacent to an activating group) is 2. The van der Waals surface area contributed by atoms with Crippen molar-refractivity contribution in [2.75, 3.05) is 171 Å². The van der Waals surface area contributed by atoms with E-state index in [1.165, 1.54) is 65.0 Å². The van der Waals surface area contributed by atoms with Crippen LogP contribution >= 0.6 is 37.1 Å². The van der Waals surface area contributed by atoms with E-state index in [2.05, 4.69) is 165 Å². The first kappa shape index (κ1) is 141. The number of imide groups is 1. The van der Waals surface area contributed by atoms with Crippen LogP contribution in [0.4, 0.5) is 0 Å². The Bertz CT molecular complexity index is 4410. The first-order valence-electron chi connectivity index (χ1n) is 48.0. The number of nitrogens with one attached hydrogen (secondary N) is 14. The summed E-state index contributed by atoms with van der Waals surface area (Å²) in [5.41, 5.74) is 43.2. The fraction of sp³-hybridized carbons (Fsp3) is 0.480. The van der Waals surface area contributed by atoms with Gasteiger partial charge in [-0.15, -0.1) is 12.6 Å².